The number of aromatic nitrogens is 4. The summed E-state index contributed by atoms with van der Waals surface area (Å²) in [7, 11) is 0. The first-order valence-corrected chi connectivity index (χ1v) is 11.3. The molecule has 1 saturated heterocycles. The van der Waals surface area contributed by atoms with Crippen LogP contribution in [0.15, 0.2) is 30.7 Å². The average molecular weight is 420 g/mol. The van der Waals surface area contributed by atoms with Crippen molar-refractivity contribution in [1.82, 2.24) is 15.0 Å². The molecule has 0 radical (unpaired) electrons. The number of morpholine rings is 1. The van der Waals surface area contributed by atoms with E-state index in [0.29, 0.717) is 6.54 Å². The lowest BCUT2D eigenvalue weighted by Crippen LogP contribution is -2.40. The van der Waals surface area contributed by atoms with Crippen molar-refractivity contribution in [2.45, 2.75) is 25.8 Å². The van der Waals surface area contributed by atoms with E-state index in [-0.39, 0.29) is 0 Å². The number of fused-ring (bicyclic) bond motifs is 5. The van der Waals surface area contributed by atoms with Crippen molar-refractivity contribution in [1.29, 1.82) is 0 Å². The number of hydrogen-bond acceptors (Lipinski definition) is 7. The maximum absolute atomic E-state index is 5.57. The van der Waals surface area contributed by atoms with Crippen molar-refractivity contribution in [2.75, 3.05) is 36.5 Å². The molecule has 30 heavy (non-hydrogen) atoms. The summed E-state index contributed by atoms with van der Waals surface area (Å²) in [5.74, 6) is 2.15. The lowest BCUT2D eigenvalue weighted by molar-refractivity contribution is -0.328. The van der Waals surface area contributed by atoms with Gasteiger partial charge in [0.05, 0.1) is 36.4 Å². The third-order valence-corrected chi connectivity index (χ3v) is 7.10. The Morgan fingerprint density at radius 1 is 1.10 bits per heavy atom. The fourth-order valence-electron chi connectivity index (χ4n) is 4.60. The number of anilines is 2. The Labute approximate surface area is 178 Å². The topological polar surface area (TPSA) is 77.3 Å². The van der Waals surface area contributed by atoms with Crippen LogP contribution in [0.3, 0.4) is 0 Å². The van der Waals surface area contributed by atoms with Crippen LogP contribution in [0.4, 0.5) is 11.6 Å². The number of nitrogens with zero attached hydrogens (tertiary/aromatic N) is 4. The Kier molecular flexibility index (Phi) is 4.46. The fourth-order valence-corrected chi connectivity index (χ4v) is 5.75. The molecule has 7 nitrogen and oxygen atoms in total. The van der Waals surface area contributed by atoms with Gasteiger partial charge in [0.1, 0.15) is 29.9 Å². The van der Waals surface area contributed by atoms with Crippen molar-refractivity contribution >= 4 is 43.4 Å². The molecule has 0 spiro atoms. The zero-order valence-electron chi connectivity index (χ0n) is 16.6. The summed E-state index contributed by atoms with van der Waals surface area (Å²) < 4.78 is 6.68. The van der Waals surface area contributed by atoms with Gasteiger partial charge in [-0.05, 0) is 37.0 Å². The Hall–Kier alpha value is -2.84. The second kappa shape index (κ2) is 7.45. The van der Waals surface area contributed by atoms with E-state index in [4.69, 9.17) is 9.72 Å². The summed E-state index contributed by atoms with van der Waals surface area (Å²) in [6, 6.07) is 5.96. The van der Waals surface area contributed by atoms with Gasteiger partial charge < -0.3 is 10.1 Å². The van der Waals surface area contributed by atoms with Crippen LogP contribution >= 0.6 is 11.3 Å². The van der Waals surface area contributed by atoms with Crippen LogP contribution in [0.5, 0.6) is 0 Å². The molecule has 0 amide bonds. The maximum Gasteiger partial charge on any atom is 0.279 e. The number of hydrogen-bond donors (Lipinski definition) is 1. The predicted octanol–water partition coefficient (Wildman–Crippen LogP) is 2.99. The molecule has 5 heterocycles. The molecule has 1 aliphatic heterocycles. The molecular weight excluding hydrogens is 396 g/mol. The maximum atomic E-state index is 5.57. The van der Waals surface area contributed by atoms with Crippen LogP contribution in [-0.2, 0) is 24.1 Å². The minimum atomic E-state index is 0.641. The standard InChI is InChI=1S/C22H22N6OS/c1-2-7-23-14(4-1)12-24-20-19-18(25-13-26-20)17-15-5-3-6-16(15)21(27-22(17)30-19)28-8-10-29-11-9-28/h1-2,4,7,13H,3,5-6,8-12H2,(H,24,25,26)/p+1. The van der Waals surface area contributed by atoms with Crippen LogP contribution in [0.2, 0.25) is 0 Å². The van der Waals surface area contributed by atoms with Crippen LogP contribution in [0.1, 0.15) is 23.2 Å². The number of pyridine rings is 2. The van der Waals surface area contributed by atoms with E-state index >= 15 is 0 Å². The zero-order chi connectivity index (χ0) is 19.9. The van der Waals surface area contributed by atoms with Gasteiger partial charge in [0.15, 0.2) is 4.83 Å². The summed E-state index contributed by atoms with van der Waals surface area (Å²) in [4.78, 5) is 21.0. The zero-order valence-corrected chi connectivity index (χ0v) is 17.5. The molecule has 0 atom stereocenters. The van der Waals surface area contributed by atoms with Crippen LogP contribution in [0, 0.1) is 0 Å². The summed E-state index contributed by atoms with van der Waals surface area (Å²) >= 11 is 1.75. The highest BCUT2D eigenvalue weighted by atomic mass is 32.1. The largest absolute Gasteiger partial charge is 0.373 e. The SMILES string of the molecule is c1ccc(CNc2ncnc3c2sc2[nH+]c(N4CCOCC4)c4c(c23)CCC4)nc1. The van der Waals surface area contributed by atoms with Gasteiger partial charge in [-0.25, -0.2) is 15.0 Å². The predicted molar refractivity (Wildman–Crippen MR) is 118 cm³/mol. The van der Waals surface area contributed by atoms with E-state index in [0.717, 1.165) is 60.9 Å². The Bertz CT molecular complexity index is 1220. The molecule has 0 bridgehead atoms. The Morgan fingerprint density at radius 3 is 2.87 bits per heavy atom. The lowest BCUT2D eigenvalue weighted by Gasteiger charge is -2.23. The molecule has 2 aliphatic rings. The molecule has 8 heteroatoms. The molecule has 1 aliphatic carbocycles. The van der Waals surface area contributed by atoms with Gasteiger partial charge in [0.25, 0.3) is 5.82 Å². The van der Waals surface area contributed by atoms with Gasteiger partial charge >= 0.3 is 0 Å². The third kappa shape index (κ3) is 2.98. The molecule has 4 aromatic heterocycles. The van der Waals surface area contributed by atoms with Gasteiger partial charge in [-0.2, -0.15) is 0 Å². The van der Waals surface area contributed by atoms with Gasteiger partial charge in [-0.3, -0.25) is 9.88 Å². The fraction of sp³-hybridized carbons (Fsp3) is 0.364. The molecule has 0 unspecified atom stereocenters. The van der Waals surface area contributed by atoms with E-state index in [1.807, 2.05) is 24.4 Å². The number of thiophene rings is 1. The molecule has 0 saturated carbocycles. The second-order valence-corrected chi connectivity index (χ2v) is 8.79. The van der Waals surface area contributed by atoms with Crippen molar-refractivity contribution in [3.8, 4) is 0 Å². The minimum Gasteiger partial charge on any atom is -0.373 e. The number of H-pyrrole nitrogens is 1. The highest BCUT2D eigenvalue weighted by Gasteiger charge is 2.31. The Morgan fingerprint density at radius 2 is 2.00 bits per heavy atom. The van der Waals surface area contributed by atoms with Gasteiger partial charge in [0.2, 0.25) is 0 Å². The van der Waals surface area contributed by atoms with Gasteiger partial charge in [-0.15, -0.1) is 0 Å². The number of aryl methyl sites for hydroxylation is 1. The van der Waals surface area contributed by atoms with Crippen molar-refractivity contribution < 1.29 is 9.72 Å². The van der Waals surface area contributed by atoms with Crippen LogP contribution < -0.4 is 15.2 Å². The normalized spacial score (nSPS) is 16.3. The number of nitrogens with one attached hydrogen (secondary N) is 2. The first-order chi connectivity index (χ1) is 14.9. The molecule has 1 fully saturated rings. The van der Waals surface area contributed by atoms with E-state index < -0.39 is 0 Å². The lowest BCUT2D eigenvalue weighted by atomic mass is 10.1. The summed E-state index contributed by atoms with van der Waals surface area (Å²) in [6.45, 7) is 4.11. The van der Waals surface area contributed by atoms with Gasteiger partial charge in [0, 0.05) is 11.8 Å². The first-order valence-electron chi connectivity index (χ1n) is 10.5. The van der Waals surface area contributed by atoms with E-state index in [2.05, 4.69) is 25.2 Å². The molecular formula is C22H23N6OS+. The summed E-state index contributed by atoms with van der Waals surface area (Å²) in [6.07, 6.45) is 6.93. The van der Waals surface area contributed by atoms with Crippen LogP contribution in [0.25, 0.3) is 20.4 Å². The van der Waals surface area contributed by atoms with Crippen molar-refractivity contribution in [3.05, 3.63) is 47.5 Å². The number of ether oxygens (including phenoxy) is 1. The molecule has 2 N–H and O–H groups in total. The van der Waals surface area contributed by atoms with E-state index in [9.17, 15) is 0 Å². The monoisotopic (exact) mass is 419 g/mol. The number of aromatic amines is 1. The quantitative estimate of drug-likeness (QED) is 0.548. The molecule has 4 aromatic rings. The van der Waals surface area contributed by atoms with E-state index in [1.54, 1.807) is 17.7 Å². The summed E-state index contributed by atoms with van der Waals surface area (Å²) in [5, 5.41) is 4.75. The average Bonchev–Trinajstić information content (AvgIpc) is 3.43. The molecule has 0 aromatic carbocycles. The van der Waals surface area contributed by atoms with Crippen LogP contribution in [-0.4, -0.2) is 41.3 Å². The first kappa shape index (κ1) is 18.0. The summed E-state index contributed by atoms with van der Waals surface area (Å²) in [5.41, 5.74) is 4.97. The highest BCUT2D eigenvalue weighted by molar-refractivity contribution is 7.25. The third-order valence-electron chi connectivity index (χ3n) is 6.00. The number of rotatable bonds is 4. The highest BCUT2D eigenvalue weighted by Crippen LogP contribution is 2.41. The minimum absolute atomic E-state index is 0.641. The van der Waals surface area contributed by atoms with Crippen molar-refractivity contribution in [3.63, 3.8) is 0 Å². The van der Waals surface area contributed by atoms with Gasteiger partial charge in [-0.1, -0.05) is 17.4 Å². The molecule has 152 valence electrons. The Balaban J connectivity index is 1.46. The smallest absolute Gasteiger partial charge is 0.279 e. The van der Waals surface area contributed by atoms with Crippen molar-refractivity contribution in [2.24, 2.45) is 0 Å². The second-order valence-electron chi connectivity index (χ2n) is 7.76. The van der Waals surface area contributed by atoms with E-state index in [1.165, 1.54) is 33.6 Å². The molecule has 6 rings (SSSR count).